The molecule has 1 aliphatic carbocycles. The SMILES string of the molecule is COC(C)(C)C1CC2OC2(C)CC1C. The van der Waals surface area contributed by atoms with Crippen LogP contribution in [0.15, 0.2) is 0 Å². The summed E-state index contributed by atoms with van der Waals surface area (Å²) in [6.07, 6.45) is 2.85. The van der Waals surface area contributed by atoms with E-state index in [0.29, 0.717) is 17.9 Å². The molecule has 2 nitrogen and oxygen atoms in total. The molecule has 2 fully saturated rings. The van der Waals surface area contributed by atoms with Crippen molar-refractivity contribution in [2.45, 2.75) is 57.8 Å². The van der Waals surface area contributed by atoms with Gasteiger partial charge in [-0.15, -0.1) is 0 Å². The van der Waals surface area contributed by atoms with Crippen LogP contribution in [0.5, 0.6) is 0 Å². The fourth-order valence-electron chi connectivity index (χ4n) is 3.13. The lowest BCUT2D eigenvalue weighted by molar-refractivity contribution is -0.0574. The first-order valence-electron chi connectivity index (χ1n) is 5.62. The van der Waals surface area contributed by atoms with Gasteiger partial charge in [-0.3, -0.25) is 0 Å². The highest BCUT2D eigenvalue weighted by molar-refractivity contribution is 5.07. The van der Waals surface area contributed by atoms with E-state index >= 15 is 0 Å². The van der Waals surface area contributed by atoms with Gasteiger partial charge < -0.3 is 9.47 Å². The number of epoxide rings is 1. The van der Waals surface area contributed by atoms with E-state index in [0.717, 1.165) is 0 Å². The first kappa shape index (κ1) is 10.4. The largest absolute Gasteiger partial charge is 0.379 e. The van der Waals surface area contributed by atoms with Crippen LogP contribution in [0, 0.1) is 11.8 Å². The summed E-state index contributed by atoms with van der Waals surface area (Å²) in [6, 6.07) is 0. The molecule has 1 saturated carbocycles. The molecule has 0 radical (unpaired) electrons. The molecule has 82 valence electrons. The van der Waals surface area contributed by atoms with Gasteiger partial charge in [-0.1, -0.05) is 6.92 Å². The van der Waals surface area contributed by atoms with E-state index in [1.165, 1.54) is 12.8 Å². The Labute approximate surface area is 87.0 Å². The molecule has 0 aromatic rings. The summed E-state index contributed by atoms with van der Waals surface area (Å²) in [5.74, 6) is 1.33. The van der Waals surface area contributed by atoms with Crippen LogP contribution in [0.25, 0.3) is 0 Å². The smallest absolute Gasteiger partial charge is 0.0923 e. The standard InChI is InChI=1S/C12H22O2/c1-8-7-12(4)10(14-12)6-9(8)11(2,3)13-5/h8-10H,6-7H2,1-5H3. The molecule has 0 spiro atoms. The van der Waals surface area contributed by atoms with E-state index in [1.807, 2.05) is 7.11 Å². The maximum absolute atomic E-state index is 5.75. The minimum atomic E-state index is -0.00725. The number of ether oxygens (including phenoxy) is 2. The van der Waals surface area contributed by atoms with E-state index < -0.39 is 0 Å². The Balaban J connectivity index is 2.08. The van der Waals surface area contributed by atoms with Gasteiger partial charge in [0.25, 0.3) is 0 Å². The Morgan fingerprint density at radius 2 is 2.07 bits per heavy atom. The number of rotatable bonds is 2. The second-order valence-electron chi connectivity index (χ2n) is 5.75. The molecule has 2 heteroatoms. The molecule has 0 aromatic heterocycles. The molecular formula is C12H22O2. The molecule has 4 atom stereocenters. The third-order valence-corrected chi connectivity index (χ3v) is 4.34. The van der Waals surface area contributed by atoms with Crippen LogP contribution in [0.1, 0.15) is 40.5 Å². The first-order chi connectivity index (χ1) is 6.39. The van der Waals surface area contributed by atoms with Gasteiger partial charge in [-0.2, -0.15) is 0 Å². The van der Waals surface area contributed by atoms with Gasteiger partial charge in [0.2, 0.25) is 0 Å². The van der Waals surface area contributed by atoms with Gasteiger partial charge in [0.1, 0.15) is 0 Å². The number of methoxy groups -OCH3 is 1. The summed E-state index contributed by atoms with van der Waals surface area (Å²) < 4.78 is 11.3. The molecule has 0 aromatic carbocycles. The van der Waals surface area contributed by atoms with Gasteiger partial charge in [0.05, 0.1) is 17.3 Å². The Morgan fingerprint density at radius 1 is 1.43 bits per heavy atom. The zero-order valence-electron chi connectivity index (χ0n) is 9.96. The lowest BCUT2D eigenvalue weighted by Gasteiger charge is -2.40. The summed E-state index contributed by atoms with van der Waals surface area (Å²) in [6.45, 7) is 8.96. The molecule has 1 saturated heterocycles. The maximum Gasteiger partial charge on any atom is 0.0923 e. The van der Waals surface area contributed by atoms with Crippen molar-refractivity contribution in [3.63, 3.8) is 0 Å². The van der Waals surface area contributed by atoms with Crippen LogP contribution >= 0.6 is 0 Å². The van der Waals surface area contributed by atoms with Crippen molar-refractivity contribution in [2.75, 3.05) is 7.11 Å². The fourth-order valence-corrected chi connectivity index (χ4v) is 3.13. The molecule has 4 unspecified atom stereocenters. The maximum atomic E-state index is 5.75. The Kier molecular flexibility index (Phi) is 2.20. The van der Waals surface area contributed by atoms with Crippen LogP contribution in [0.4, 0.5) is 0 Å². The zero-order chi connectivity index (χ0) is 10.6. The summed E-state index contributed by atoms with van der Waals surface area (Å²) in [4.78, 5) is 0. The topological polar surface area (TPSA) is 21.8 Å². The lowest BCUT2D eigenvalue weighted by atomic mass is 9.69. The highest BCUT2D eigenvalue weighted by atomic mass is 16.6. The molecule has 2 aliphatic rings. The lowest BCUT2D eigenvalue weighted by Crippen LogP contribution is -2.42. The fraction of sp³-hybridized carbons (Fsp3) is 1.00. The van der Waals surface area contributed by atoms with E-state index in [4.69, 9.17) is 9.47 Å². The van der Waals surface area contributed by atoms with E-state index in [9.17, 15) is 0 Å². The average Bonchev–Trinajstić information content (AvgIpc) is 2.73. The second-order valence-corrected chi connectivity index (χ2v) is 5.75. The van der Waals surface area contributed by atoms with E-state index in [1.54, 1.807) is 0 Å². The van der Waals surface area contributed by atoms with Crippen LogP contribution in [-0.4, -0.2) is 24.4 Å². The highest BCUT2D eigenvalue weighted by Gasteiger charge is 2.59. The highest BCUT2D eigenvalue weighted by Crippen LogP contribution is 2.54. The summed E-state index contributed by atoms with van der Waals surface area (Å²) >= 11 is 0. The van der Waals surface area contributed by atoms with Crippen molar-refractivity contribution in [1.29, 1.82) is 0 Å². The van der Waals surface area contributed by atoms with Crippen molar-refractivity contribution < 1.29 is 9.47 Å². The first-order valence-corrected chi connectivity index (χ1v) is 5.62. The van der Waals surface area contributed by atoms with Crippen LogP contribution < -0.4 is 0 Å². The van der Waals surface area contributed by atoms with Crippen LogP contribution in [-0.2, 0) is 9.47 Å². The monoisotopic (exact) mass is 198 g/mol. The Bertz CT molecular complexity index is 236. The minimum absolute atomic E-state index is 0.00725. The van der Waals surface area contributed by atoms with Gasteiger partial charge in [0.15, 0.2) is 0 Å². The predicted molar refractivity (Wildman–Crippen MR) is 56.3 cm³/mol. The van der Waals surface area contributed by atoms with Crippen molar-refractivity contribution in [2.24, 2.45) is 11.8 Å². The van der Waals surface area contributed by atoms with Crippen molar-refractivity contribution >= 4 is 0 Å². The van der Waals surface area contributed by atoms with Gasteiger partial charge in [-0.25, -0.2) is 0 Å². The summed E-state index contributed by atoms with van der Waals surface area (Å²) in [5.41, 5.74) is 0.201. The number of hydrogen-bond acceptors (Lipinski definition) is 2. The van der Waals surface area contributed by atoms with E-state index in [2.05, 4.69) is 27.7 Å². The number of hydrogen-bond donors (Lipinski definition) is 0. The van der Waals surface area contributed by atoms with E-state index in [-0.39, 0.29) is 11.2 Å². The molecule has 0 amide bonds. The summed E-state index contributed by atoms with van der Waals surface area (Å²) in [5, 5.41) is 0. The number of fused-ring (bicyclic) bond motifs is 1. The zero-order valence-corrected chi connectivity index (χ0v) is 9.96. The third kappa shape index (κ3) is 1.49. The van der Waals surface area contributed by atoms with Gasteiger partial charge >= 0.3 is 0 Å². The van der Waals surface area contributed by atoms with Gasteiger partial charge in [-0.05, 0) is 45.4 Å². The van der Waals surface area contributed by atoms with Crippen LogP contribution in [0.2, 0.25) is 0 Å². The van der Waals surface area contributed by atoms with Crippen molar-refractivity contribution in [1.82, 2.24) is 0 Å². The third-order valence-electron chi connectivity index (χ3n) is 4.34. The van der Waals surface area contributed by atoms with Crippen molar-refractivity contribution in [3.05, 3.63) is 0 Å². The second kappa shape index (κ2) is 2.96. The molecule has 1 heterocycles. The molecular weight excluding hydrogens is 176 g/mol. The normalized spacial score (nSPS) is 47.4. The van der Waals surface area contributed by atoms with Crippen molar-refractivity contribution in [3.8, 4) is 0 Å². The predicted octanol–water partition coefficient (Wildman–Crippen LogP) is 2.62. The minimum Gasteiger partial charge on any atom is -0.379 e. The van der Waals surface area contributed by atoms with Gasteiger partial charge in [0, 0.05) is 7.11 Å². The van der Waals surface area contributed by atoms with Crippen LogP contribution in [0.3, 0.4) is 0 Å². The average molecular weight is 198 g/mol. The summed E-state index contributed by atoms with van der Waals surface area (Å²) in [7, 11) is 1.81. The quantitative estimate of drug-likeness (QED) is 0.636. The molecule has 14 heavy (non-hydrogen) atoms. The Morgan fingerprint density at radius 3 is 2.64 bits per heavy atom. The molecule has 2 rings (SSSR count). The Hall–Kier alpha value is -0.0800. The molecule has 0 N–H and O–H groups in total. The molecule has 0 bridgehead atoms. The molecule has 1 aliphatic heterocycles.